The molecule has 4 aromatic rings. The maximum absolute atomic E-state index is 12.3. The second kappa shape index (κ2) is 8.55. The molecule has 5 nitrogen and oxygen atoms in total. The van der Waals surface area contributed by atoms with E-state index in [4.69, 9.17) is 14.2 Å². The van der Waals surface area contributed by atoms with Gasteiger partial charge in [-0.2, -0.15) is 11.3 Å². The molecule has 1 aromatic heterocycles. The van der Waals surface area contributed by atoms with E-state index in [1.54, 1.807) is 11.3 Å². The normalized spacial score (nSPS) is 16.9. The SMILES string of the molecule is O=C1OCc2c1cc1cc(OCc3cccc(C4(O)CCOCC4)c3)ccc1c2-c1ccsc1. The van der Waals surface area contributed by atoms with E-state index in [0.717, 1.165) is 44.3 Å². The molecule has 1 saturated heterocycles. The maximum atomic E-state index is 12.3. The van der Waals surface area contributed by atoms with Gasteiger partial charge in [-0.1, -0.05) is 24.3 Å². The monoisotopic (exact) mass is 472 g/mol. The number of ether oxygens (including phenoxy) is 3. The topological polar surface area (TPSA) is 65.0 Å². The first-order valence-corrected chi connectivity index (χ1v) is 12.4. The van der Waals surface area contributed by atoms with Gasteiger partial charge in [-0.15, -0.1) is 0 Å². The van der Waals surface area contributed by atoms with E-state index in [1.807, 2.05) is 47.8 Å². The van der Waals surface area contributed by atoms with Crippen LogP contribution < -0.4 is 4.74 Å². The van der Waals surface area contributed by atoms with E-state index < -0.39 is 5.60 Å². The van der Waals surface area contributed by atoms with Crippen LogP contribution in [0.2, 0.25) is 0 Å². The molecule has 2 aliphatic heterocycles. The Kier molecular flexibility index (Phi) is 5.37. The van der Waals surface area contributed by atoms with Crippen molar-refractivity contribution in [1.82, 2.24) is 0 Å². The summed E-state index contributed by atoms with van der Waals surface area (Å²) in [5.41, 5.74) is 4.80. The molecule has 6 heteroatoms. The molecule has 2 aliphatic rings. The van der Waals surface area contributed by atoms with Crippen molar-refractivity contribution in [1.29, 1.82) is 0 Å². The number of carbonyl (C=O) groups is 1. The molecule has 0 amide bonds. The van der Waals surface area contributed by atoms with E-state index >= 15 is 0 Å². The van der Waals surface area contributed by atoms with Crippen molar-refractivity contribution in [3.8, 4) is 16.9 Å². The first-order valence-electron chi connectivity index (χ1n) is 11.4. The lowest BCUT2D eigenvalue weighted by Crippen LogP contribution is -2.33. The second-order valence-electron chi connectivity index (χ2n) is 8.88. The minimum Gasteiger partial charge on any atom is -0.489 e. The van der Waals surface area contributed by atoms with Crippen molar-refractivity contribution < 1.29 is 24.1 Å². The summed E-state index contributed by atoms with van der Waals surface area (Å²) in [5, 5.41) is 17.2. The average Bonchev–Trinajstić information content (AvgIpc) is 3.52. The molecule has 0 spiro atoms. The molecule has 6 rings (SSSR count). The van der Waals surface area contributed by atoms with Crippen LogP contribution >= 0.6 is 11.3 Å². The number of cyclic esters (lactones) is 1. The number of benzene rings is 3. The largest absolute Gasteiger partial charge is 0.489 e. The van der Waals surface area contributed by atoms with E-state index in [0.29, 0.717) is 44.8 Å². The van der Waals surface area contributed by atoms with Gasteiger partial charge in [0.25, 0.3) is 0 Å². The van der Waals surface area contributed by atoms with Crippen molar-refractivity contribution in [2.75, 3.05) is 13.2 Å². The lowest BCUT2D eigenvalue weighted by molar-refractivity contribution is -0.0679. The highest BCUT2D eigenvalue weighted by Crippen LogP contribution is 2.40. The predicted molar refractivity (Wildman–Crippen MR) is 131 cm³/mol. The lowest BCUT2D eigenvalue weighted by Gasteiger charge is -2.32. The van der Waals surface area contributed by atoms with Gasteiger partial charge < -0.3 is 19.3 Å². The van der Waals surface area contributed by atoms with E-state index in [1.165, 1.54) is 0 Å². The predicted octanol–water partition coefficient (Wildman–Crippen LogP) is 5.82. The van der Waals surface area contributed by atoms with Gasteiger partial charge in [0.1, 0.15) is 19.0 Å². The van der Waals surface area contributed by atoms with Crippen LogP contribution in [0, 0.1) is 0 Å². The summed E-state index contributed by atoms with van der Waals surface area (Å²) in [5.74, 6) is 0.452. The Morgan fingerprint density at radius 2 is 1.94 bits per heavy atom. The van der Waals surface area contributed by atoms with Gasteiger partial charge in [-0.3, -0.25) is 0 Å². The van der Waals surface area contributed by atoms with Gasteiger partial charge in [0.05, 0.1) is 11.2 Å². The first kappa shape index (κ1) is 21.4. The van der Waals surface area contributed by atoms with Crippen LogP contribution in [0.1, 0.15) is 39.9 Å². The minimum absolute atomic E-state index is 0.275. The summed E-state index contributed by atoms with van der Waals surface area (Å²) in [4.78, 5) is 12.3. The first-order chi connectivity index (χ1) is 16.6. The molecule has 3 aromatic carbocycles. The number of esters is 1. The zero-order valence-electron chi connectivity index (χ0n) is 18.6. The van der Waals surface area contributed by atoms with Crippen LogP contribution in [0.5, 0.6) is 5.75 Å². The van der Waals surface area contributed by atoms with Crippen molar-refractivity contribution in [3.63, 3.8) is 0 Å². The summed E-state index contributed by atoms with van der Waals surface area (Å²) < 4.78 is 16.9. The Hall–Kier alpha value is -3.19. The molecule has 0 aliphatic carbocycles. The molecular weight excluding hydrogens is 448 g/mol. The number of fused-ring (bicyclic) bond motifs is 2. The molecule has 0 bridgehead atoms. The van der Waals surface area contributed by atoms with Gasteiger partial charge in [0.15, 0.2) is 0 Å². The molecule has 0 unspecified atom stereocenters. The van der Waals surface area contributed by atoms with Gasteiger partial charge in [-0.25, -0.2) is 4.79 Å². The van der Waals surface area contributed by atoms with E-state index in [9.17, 15) is 9.90 Å². The van der Waals surface area contributed by atoms with Crippen LogP contribution in [0.4, 0.5) is 0 Å². The molecule has 1 fully saturated rings. The summed E-state index contributed by atoms with van der Waals surface area (Å²) in [6.07, 6.45) is 1.20. The molecule has 1 N–H and O–H groups in total. The fraction of sp³-hybridized carbons (Fsp3) is 0.250. The molecule has 0 saturated carbocycles. The van der Waals surface area contributed by atoms with Crippen LogP contribution in [-0.2, 0) is 28.3 Å². The number of thiophene rings is 1. The van der Waals surface area contributed by atoms with Gasteiger partial charge in [0, 0.05) is 31.6 Å². The summed E-state index contributed by atoms with van der Waals surface area (Å²) in [6, 6.07) is 17.9. The van der Waals surface area contributed by atoms with Gasteiger partial charge >= 0.3 is 5.97 Å². The van der Waals surface area contributed by atoms with Crippen molar-refractivity contribution in [3.05, 3.63) is 87.6 Å². The molecule has 3 heterocycles. The number of hydrogen-bond acceptors (Lipinski definition) is 6. The van der Waals surface area contributed by atoms with Crippen LogP contribution in [0.3, 0.4) is 0 Å². The zero-order valence-corrected chi connectivity index (χ0v) is 19.4. The number of aliphatic hydroxyl groups is 1. The Balaban J connectivity index is 1.30. The van der Waals surface area contributed by atoms with Crippen LogP contribution in [0.25, 0.3) is 21.9 Å². The van der Waals surface area contributed by atoms with E-state index in [-0.39, 0.29) is 5.97 Å². The van der Waals surface area contributed by atoms with Crippen LogP contribution in [0.15, 0.2) is 65.4 Å². The molecule has 34 heavy (non-hydrogen) atoms. The molecule has 0 atom stereocenters. The smallest absolute Gasteiger partial charge is 0.338 e. The Labute approximate surface area is 201 Å². The fourth-order valence-corrected chi connectivity index (χ4v) is 5.56. The lowest BCUT2D eigenvalue weighted by atomic mass is 9.86. The standard InChI is InChI=1S/C28H24O5S/c29-27-24-14-20-13-22(4-5-23(20)26(25(24)16-33-27)19-6-11-34-17-19)32-15-18-2-1-3-21(12-18)28(30)7-9-31-10-8-28/h1-6,11-14,17,30H,7-10,15-16H2. The zero-order chi connectivity index (χ0) is 23.1. The summed E-state index contributed by atoms with van der Waals surface area (Å²) >= 11 is 1.63. The highest BCUT2D eigenvalue weighted by molar-refractivity contribution is 7.08. The molecular formula is C28H24O5S. The fourth-order valence-electron chi connectivity index (χ4n) is 4.92. The van der Waals surface area contributed by atoms with Crippen LogP contribution in [-0.4, -0.2) is 24.3 Å². The van der Waals surface area contributed by atoms with Gasteiger partial charge in [0.2, 0.25) is 0 Å². The second-order valence-corrected chi connectivity index (χ2v) is 9.66. The number of rotatable bonds is 5. The number of carbonyl (C=O) groups excluding carboxylic acids is 1. The highest BCUT2D eigenvalue weighted by Gasteiger charge is 2.32. The highest BCUT2D eigenvalue weighted by atomic mass is 32.1. The van der Waals surface area contributed by atoms with Crippen molar-refractivity contribution in [2.24, 2.45) is 0 Å². The number of hydrogen-bond donors (Lipinski definition) is 1. The summed E-state index contributed by atoms with van der Waals surface area (Å²) in [6.45, 7) is 1.83. The maximum Gasteiger partial charge on any atom is 0.338 e. The third-order valence-electron chi connectivity index (χ3n) is 6.79. The van der Waals surface area contributed by atoms with Gasteiger partial charge in [-0.05, 0) is 74.1 Å². The Morgan fingerprint density at radius 1 is 1.06 bits per heavy atom. The van der Waals surface area contributed by atoms with Crippen molar-refractivity contribution >= 4 is 28.1 Å². The molecule has 0 radical (unpaired) electrons. The van der Waals surface area contributed by atoms with Crippen molar-refractivity contribution in [2.45, 2.75) is 31.7 Å². The Morgan fingerprint density at radius 3 is 2.76 bits per heavy atom. The third kappa shape index (κ3) is 3.78. The third-order valence-corrected chi connectivity index (χ3v) is 7.47. The quantitative estimate of drug-likeness (QED) is 0.371. The molecule has 172 valence electrons. The van der Waals surface area contributed by atoms with E-state index in [2.05, 4.69) is 17.5 Å². The summed E-state index contributed by atoms with van der Waals surface area (Å²) in [7, 11) is 0. The average molecular weight is 473 g/mol. The minimum atomic E-state index is -0.843. The Bertz CT molecular complexity index is 1370.